The van der Waals surface area contributed by atoms with Crippen molar-refractivity contribution in [3.63, 3.8) is 0 Å². The molecule has 0 aromatic heterocycles. The molecule has 19 heavy (non-hydrogen) atoms. The molecule has 0 heterocycles. The summed E-state index contributed by atoms with van der Waals surface area (Å²) >= 11 is 3.04. The van der Waals surface area contributed by atoms with E-state index >= 15 is 0 Å². The van der Waals surface area contributed by atoms with E-state index in [0.29, 0.717) is 6.54 Å². The Labute approximate surface area is 119 Å². The topological polar surface area (TPSA) is 57.6 Å². The number of hydrogen-bond donors (Lipinski definition) is 1. The predicted molar refractivity (Wildman–Crippen MR) is 72.5 cm³/mol. The van der Waals surface area contributed by atoms with Crippen LogP contribution in [0.1, 0.15) is 30.6 Å². The monoisotopic (exact) mass is 331 g/mol. The van der Waals surface area contributed by atoms with Crippen LogP contribution in [0, 0.1) is 5.82 Å². The van der Waals surface area contributed by atoms with Crippen molar-refractivity contribution in [1.29, 1.82) is 0 Å². The first-order valence-corrected chi connectivity index (χ1v) is 6.64. The first kappa shape index (κ1) is 15.6. The Morgan fingerprint density at radius 2 is 2.11 bits per heavy atom. The third kappa shape index (κ3) is 3.76. The Kier molecular flexibility index (Phi) is 5.47. The fourth-order valence-corrected chi connectivity index (χ4v) is 2.28. The van der Waals surface area contributed by atoms with Crippen molar-refractivity contribution < 1.29 is 19.1 Å². The van der Waals surface area contributed by atoms with Gasteiger partial charge in [0.05, 0.1) is 16.5 Å². The summed E-state index contributed by atoms with van der Waals surface area (Å²) in [7, 11) is 0. The van der Waals surface area contributed by atoms with Gasteiger partial charge in [-0.25, -0.2) is 4.39 Å². The second-order valence-corrected chi connectivity index (χ2v) is 4.93. The number of carboxylic acids is 1. The van der Waals surface area contributed by atoms with Gasteiger partial charge in [0.15, 0.2) is 0 Å². The highest BCUT2D eigenvalue weighted by atomic mass is 79.9. The molecule has 0 saturated heterocycles. The van der Waals surface area contributed by atoms with Crippen molar-refractivity contribution in [2.45, 2.75) is 26.3 Å². The molecular weight excluding hydrogens is 317 g/mol. The molecule has 0 aliphatic heterocycles. The molecule has 1 aromatic carbocycles. The molecule has 104 valence electrons. The highest BCUT2D eigenvalue weighted by molar-refractivity contribution is 9.10. The zero-order valence-corrected chi connectivity index (χ0v) is 12.3. The number of benzene rings is 1. The maximum Gasteiger partial charge on any atom is 0.305 e. The molecule has 0 spiro atoms. The normalized spacial score (nSPS) is 12.0. The quantitative estimate of drug-likeness (QED) is 0.902. The molecule has 4 nitrogen and oxygen atoms in total. The maximum absolute atomic E-state index is 13.4. The molecule has 0 aliphatic carbocycles. The van der Waals surface area contributed by atoms with E-state index in [0.717, 1.165) is 0 Å². The highest BCUT2D eigenvalue weighted by Gasteiger charge is 2.24. The second-order valence-electron chi connectivity index (χ2n) is 4.14. The van der Waals surface area contributed by atoms with Crippen LogP contribution in [0.3, 0.4) is 0 Å². The lowest BCUT2D eigenvalue weighted by Crippen LogP contribution is -2.39. The van der Waals surface area contributed by atoms with Gasteiger partial charge in [-0.1, -0.05) is 6.07 Å². The van der Waals surface area contributed by atoms with Crippen LogP contribution in [-0.2, 0) is 4.79 Å². The summed E-state index contributed by atoms with van der Waals surface area (Å²) < 4.78 is 13.5. The summed E-state index contributed by atoms with van der Waals surface area (Å²) in [5.41, 5.74) is 0.194. The molecule has 6 heteroatoms. The van der Waals surface area contributed by atoms with Crippen LogP contribution in [0.25, 0.3) is 0 Å². The van der Waals surface area contributed by atoms with Crippen molar-refractivity contribution in [1.82, 2.24) is 4.90 Å². The number of halogens is 2. The SMILES string of the molecule is CCN(C(=O)c1cccc(F)c1Br)C(C)CC(=O)O. The molecule has 0 aliphatic rings. The molecular formula is C13H15BrFNO3. The van der Waals surface area contributed by atoms with Gasteiger partial charge in [-0.15, -0.1) is 0 Å². The molecule has 1 unspecified atom stereocenters. The number of carbonyl (C=O) groups is 2. The average molecular weight is 332 g/mol. The minimum absolute atomic E-state index is 0.0981. The zero-order chi connectivity index (χ0) is 14.6. The van der Waals surface area contributed by atoms with Gasteiger partial charge >= 0.3 is 5.97 Å². The molecule has 1 aromatic rings. The lowest BCUT2D eigenvalue weighted by Gasteiger charge is -2.27. The fourth-order valence-electron chi connectivity index (χ4n) is 1.84. The Bertz CT molecular complexity index is 493. The zero-order valence-electron chi connectivity index (χ0n) is 10.7. The first-order chi connectivity index (χ1) is 8.88. The molecule has 0 bridgehead atoms. The van der Waals surface area contributed by atoms with Gasteiger partial charge in [0.25, 0.3) is 5.91 Å². The molecule has 0 fully saturated rings. The number of amides is 1. The summed E-state index contributed by atoms with van der Waals surface area (Å²) in [5, 5.41) is 8.77. The van der Waals surface area contributed by atoms with Crippen molar-refractivity contribution in [2.24, 2.45) is 0 Å². The van der Waals surface area contributed by atoms with Crippen LogP contribution in [0.5, 0.6) is 0 Å². The van der Waals surface area contributed by atoms with Crippen LogP contribution >= 0.6 is 15.9 Å². The van der Waals surface area contributed by atoms with E-state index in [9.17, 15) is 14.0 Å². The minimum Gasteiger partial charge on any atom is -0.481 e. The molecule has 1 N–H and O–H groups in total. The van der Waals surface area contributed by atoms with Crippen LogP contribution in [0.15, 0.2) is 22.7 Å². The minimum atomic E-state index is -0.975. The Hall–Kier alpha value is -1.43. The van der Waals surface area contributed by atoms with E-state index in [-0.39, 0.29) is 22.4 Å². The molecule has 0 radical (unpaired) electrons. The maximum atomic E-state index is 13.4. The summed E-state index contributed by atoms with van der Waals surface area (Å²) in [5.74, 6) is -1.88. The molecule has 1 rings (SSSR count). The number of hydrogen-bond acceptors (Lipinski definition) is 2. The lowest BCUT2D eigenvalue weighted by molar-refractivity contribution is -0.138. The van der Waals surface area contributed by atoms with E-state index in [4.69, 9.17) is 5.11 Å². The first-order valence-electron chi connectivity index (χ1n) is 5.85. The van der Waals surface area contributed by atoms with Gasteiger partial charge in [-0.05, 0) is 41.9 Å². The van der Waals surface area contributed by atoms with Crippen molar-refractivity contribution in [2.75, 3.05) is 6.54 Å². The summed E-state index contributed by atoms with van der Waals surface area (Å²) in [4.78, 5) is 24.4. The van der Waals surface area contributed by atoms with Crippen LogP contribution in [-0.4, -0.2) is 34.5 Å². The van der Waals surface area contributed by atoms with Gasteiger partial charge in [0.2, 0.25) is 0 Å². The number of aliphatic carboxylic acids is 1. The van der Waals surface area contributed by atoms with Gasteiger partial charge in [-0.2, -0.15) is 0 Å². The van der Waals surface area contributed by atoms with Crippen LogP contribution in [0.4, 0.5) is 4.39 Å². The Morgan fingerprint density at radius 3 is 2.63 bits per heavy atom. The summed E-state index contributed by atoms with van der Waals surface area (Å²) in [6.45, 7) is 3.77. The van der Waals surface area contributed by atoms with Crippen molar-refractivity contribution >= 4 is 27.8 Å². The van der Waals surface area contributed by atoms with Crippen molar-refractivity contribution in [3.8, 4) is 0 Å². The highest BCUT2D eigenvalue weighted by Crippen LogP contribution is 2.23. The largest absolute Gasteiger partial charge is 0.481 e. The third-order valence-corrected chi connectivity index (χ3v) is 3.59. The number of carbonyl (C=O) groups excluding carboxylic acids is 1. The molecule has 1 amide bonds. The van der Waals surface area contributed by atoms with Gasteiger partial charge < -0.3 is 10.0 Å². The molecule has 0 saturated carbocycles. The van der Waals surface area contributed by atoms with Gasteiger partial charge in [0, 0.05) is 12.6 Å². The van der Waals surface area contributed by atoms with Crippen molar-refractivity contribution in [3.05, 3.63) is 34.1 Å². The number of rotatable bonds is 5. The average Bonchev–Trinajstić information content (AvgIpc) is 2.32. The van der Waals surface area contributed by atoms with E-state index in [1.807, 2.05) is 0 Å². The fraction of sp³-hybridized carbons (Fsp3) is 0.385. The number of carboxylic acid groups (broad SMARTS) is 1. The van der Waals surface area contributed by atoms with Gasteiger partial charge in [-0.3, -0.25) is 9.59 Å². The predicted octanol–water partition coefficient (Wildman–Crippen LogP) is 2.91. The van der Waals surface area contributed by atoms with E-state index < -0.39 is 17.8 Å². The van der Waals surface area contributed by atoms with E-state index in [2.05, 4.69) is 15.9 Å². The second kappa shape index (κ2) is 6.65. The smallest absolute Gasteiger partial charge is 0.305 e. The Balaban J connectivity index is 3.02. The van der Waals surface area contributed by atoms with Crippen LogP contribution in [0.2, 0.25) is 0 Å². The summed E-state index contributed by atoms with van der Waals surface area (Å²) in [6, 6.07) is 3.75. The number of nitrogens with zero attached hydrogens (tertiary/aromatic N) is 1. The standard InChI is InChI=1S/C13H15BrFNO3/c1-3-16(8(2)7-11(17)18)13(19)9-5-4-6-10(15)12(9)14/h4-6,8H,3,7H2,1-2H3,(H,17,18). The van der Waals surface area contributed by atoms with E-state index in [1.54, 1.807) is 13.8 Å². The summed E-state index contributed by atoms with van der Waals surface area (Å²) in [6.07, 6.45) is -0.146. The van der Waals surface area contributed by atoms with Gasteiger partial charge in [0.1, 0.15) is 5.82 Å². The van der Waals surface area contributed by atoms with E-state index in [1.165, 1.54) is 23.1 Å². The Morgan fingerprint density at radius 1 is 1.47 bits per heavy atom. The lowest BCUT2D eigenvalue weighted by atomic mass is 10.1. The third-order valence-electron chi connectivity index (χ3n) is 2.79. The van der Waals surface area contributed by atoms with Crippen LogP contribution < -0.4 is 0 Å². The molecule has 1 atom stereocenters.